The third-order valence-electron chi connectivity index (χ3n) is 4.72. The summed E-state index contributed by atoms with van der Waals surface area (Å²) in [7, 11) is 1.58. The van der Waals surface area contributed by atoms with Gasteiger partial charge in [-0.05, 0) is 55.0 Å². The number of urea groups is 1. The SMILES string of the molecule is COc1ccc(NC(=O)Nc2ccccc2OCc2cc(=O)n3cc(C)ccc3n2)cc1. The van der Waals surface area contributed by atoms with E-state index in [1.54, 1.807) is 67.9 Å². The number of aromatic nitrogens is 2. The highest BCUT2D eigenvalue weighted by Gasteiger charge is 2.10. The van der Waals surface area contributed by atoms with Crippen molar-refractivity contribution in [3.63, 3.8) is 0 Å². The summed E-state index contributed by atoms with van der Waals surface area (Å²) in [6.07, 6.45) is 1.75. The van der Waals surface area contributed by atoms with Crippen molar-refractivity contribution in [2.75, 3.05) is 17.7 Å². The fourth-order valence-electron chi connectivity index (χ4n) is 3.14. The minimum atomic E-state index is -0.413. The molecule has 0 aliphatic rings. The Morgan fingerprint density at radius 1 is 1.03 bits per heavy atom. The van der Waals surface area contributed by atoms with E-state index in [1.807, 2.05) is 13.0 Å². The molecule has 0 saturated heterocycles. The number of nitrogens with one attached hydrogen (secondary N) is 2. The Balaban J connectivity index is 1.45. The van der Waals surface area contributed by atoms with Crippen molar-refractivity contribution in [2.24, 2.45) is 0 Å². The van der Waals surface area contributed by atoms with E-state index in [2.05, 4.69) is 15.6 Å². The maximum absolute atomic E-state index is 12.4. The van der Waals surface area contributed by atoms with Crippen molar-refractivity contribution in [1.82, 2.24) is 9.38 Å². The van der Waals surface area contributed by atoms with Crippen LogP contribution in [0.4, 0.5) is 16.2 Å². The summed E-state index contributed by atoms with van der Waals surface area (Å²) in [4.78, 5) is 29.3. The molecule has 0 aliphatic carbocycles. The van der Waals surface area contributed by atoms with Crippen LogP contribution in [0.1, 0.15) is 11.3 Å². The second-order valence-electron chi connectivity index (χ2n) is 7.11. The molecule has 0 aliphatic heterocycles. The Kier molecular flexibility index (Phi) is 6.03. The summed E-state index contributed by atoms with van der Waals surface area (Å²) in [5.41, 5.74) is 2.95. The molecule has 0 radical (unpaired) electrons. The van der Waals surface area contributed by atoms with E-state index in [1.165, 1.54) is 10.5 Å². The number of fused-ring (bicyclic) bond motifs is 1. The first-order chi connectivity index (χ1) is 15.5. The number of ether oxygens (including phenoxy) is 2. The van der Waals surface area contributed by atoms with Crippen molar-refractivity contribution in [3.05, 3.63) is 94.5 Å². The molecule has 0 bridgehead atoms. The van der Waals surface area contributed by atoms with Crippen LogP contribution in [0.2, 0.25) is 0 Å². The molecule has 32 heavy (non-hydrogen) atoms. The second kappa shape index (κ2) is 9.22. The lowest BCUT2D eigenvalue weighted by atomic mass is 10.3. The van der Waals surface area contributed by atoms with Crippen LogP contribution >= 0.6 is 0 Å². The molecular formula is C24H22N4O4. The number of nitrogens with zero attached hydrogens (tertiary/aromatic N) is 2. The number of para-hydroxylation sites is 2. The number of benzene rings is 2. The van der Waals surface area contributed by atoms with Crippen molar-refractivity contribution in [2.45, 2.75) is 13.5 Å². The summed E-state index contributed by atoms with van der Waals surface area (Å²) >= 11 is 0. The molecule has 0 saturated carbocycles. The average molecular weight is 430 g/mol. The predicted octanol–water partition coefficient (Wildman–Crippen LogP) is 4.23. The van der Waals surface area contributed by atoms with Crippen molar-refractivity contribution >= 4 is 23.1 Å². The number of anilines is 2. The van der Waals surface area contributed by atoms with Gasteiger partial charge in [0, 0.05) is 18.0 Å². The van der Waals surface area contributed by atoms with Crippen molar-refractivity contribution in [1.29, 1.82) is 0 Å². The van der Waals surface area contributed by atoms with Gasteiger partial charge in [-0.3, -0.25) is 9.20 Å². The maximum atomic E-state index is 12.4. The molecule has 4 aromatic rings. The first-order valence-electron chi connectivity index (χ1n) is 9.95. The van der Waals surface area contributed by atoms with Crippen molar-refractivity contribution < 1.29 is 14.3 Å². The van der Waals surface area contributed by atoms with E-state index in [9.17, 15) is 9.59 Å². The molecule has 162 valence electrons. The molecule has 8 heteroatoms. The number of methoxy groups -OCH3 is 1. The van der Waals surface area contributed by atoms with Gasteiger partial charge < -0.3 is 20.1 Å². The van der Waals surface area contributed by atoms with Gasteiger partial charge in [0.05, 0.1) is 18.5 Å². The van der Waals surface area contributed by atoms with Crippen LogP contribution in [0.15, 0.2) is 77.7 Å². The molecule has 2 aromatic heterocycles. The molecule has 0 atom stereocenters. The monoisotopic (exact) mass is 430 g/mol. The van der Waals surface area contributed by atoms with Crippen LogP contribution in [-0.2, 0) is 6.61 Å². The number of pyridine rings is 1. The van der Waals surface area contributed by atoms with Gasteiger partial charge in [0.25, 0.3) is 5.56 Å². The molecule has 2 amide bonds. The Morgan fingerprint density at radius 2 is 1.81 bits per heavy atom. The van der Waals surface area contributed by atoms with Gasteiger partial charge in [0.1, 0.15) is 23.8 Å². The summed E-state index contributed by atoms with van der Waals surface area (Å²) in [6.45, 7) is 2.00. The van der Waals surface area contributed by atoms with Crippen LogP contribution in [0.5, 0.6) is 11.5 Å². The smallest absolute Gasteiger partial charge is 0.323 e. The summed E-state index contributed by atoms with van der Waals surface area (Å²) in [5.74, 6) is 1.16. The first kappa shape index (κ1) is 20.9. The number of rotatable bonds is 6. The maximum Gasteiger partial charge on any atom is 0.323 e. The van der Waals surface area contributed by atoms with E-state index in [-0.39, 0.29) is 12.2 Å². The third-order valence-corrected chi connectivity index (χ3v) is 4.72. The van der Waals surface area contributed by atoms with Crippen LogP contribution < -0.4 is 25.7 Å². The molecule has 8 nitrogen and oxygen atoms in total. The van der Waals surface area contributed by atoms with Gasteiger partial charge >= 0.3 is 6.03 Å². The summed E-state index contributed by atoms with van der Waals surface area (Å²) < 4.78 is 12.5. The van der Waals surface area contributed by atoms with Gasteiger partial charge in [-0.25, -0.2) is 9.78 Å². The Morgan fingerprint density at radius 3 is 2.59 bits per heavy atom. The zero-order valence-corrected chi connectivity index (χ0v) is 17.7. The third kappa shape index (κ3) is 4.86. The molecule has 0 fully saturated rings. The van der Waals surface area contributed by atoms with E-state index in [0.717, 1.165) is 5.56 Å². The fraction of sp³-hybridized carbons (Fsp3) is 0.125. The van der Waals surface area contributed by atoms with Gasteiger partial charge in [-0.1, -0.05) is 18.2 Å². The lowest BCUT2D eigenvalue weighted by Gasteiger charge is -2.13. The predicted molar refractivity (Wildman–Crippen MR) is 123 cm³/mol. The quantitative estimate of drug-likeness (QED) is 0.477. The average Bonchev–Trinajstić information content (AvgIpc) is 2.79. The van der Waals surface area contributed by atoms with Crippen molar-refractivity contribution in [3.8, 4) is 11.5 Å². The Hall–Kier alpha value is -4.33. The highest BCUT2D eigenvalue weighted by atomic mass is 16.5. The van der Waals surface area contributed by atoms with Gasteiger partial charge in [0.15, 0.2) is 0 Å². The van der Waals surface area contributed by atoms with Gasteiger partial charge in [-0.15, -0.1) is 0 Å². The van der Waals surface area contributed by atoms with E-state index in [0.29, 0.717) is 34.2 Å². The molecule has 4 rings (SSSR count). The normalized spacial score (nSPS) is 10.6. The highest BCUT2D eigenvalue weighted by molar-refractivity contribution is 6.00. The Labute approximate surface area is 184 Å². The minimum Gasteiger partial charge on any atom is -0.497 e. The largest absolute Gasteiger partial charge is 0.497 e. The number of carbonyl (C=O) groups is 1. The zero-order chi connectivity index (χ0) is 22.5. The number of carbonyl (C=O) groups excluding carboxylic acids is 1. The molecule has 0 unspecified atom stereocenters. The molecular weight excluding hydrogens is 408 g/mol. The number of aryl methyl sites for hydroxylation is 1. The molecule has 2 N–H and O–H groups in total. The van der Waals surface area contributed by atoms with Crippen LogP contribution in [0.25, 0.3) is 5.65 Å². The van der Waals surface area contributed by atoms with E-state index in [4.69, 9.17) is 9.47 Å². The topological polar surface area (TPSA) is 94.0 Å². The highest BCUT2D eigenvalue weighted by Crippen LogP contribution is 2.25. The van der Waals surface area contributed by atoms with Crippen LogP contribution in [0.3, 0.4) is 0 Å². The summed E-state index contributed by atoms with van der Waals surface area (Å²) in [5, 5.41) is 5.54. The van der Waals surface area contributed by atoms with Crippen LogP contribution in [0, 0.1) is 6.92 Å². The lowest BCUT2D eigenvalue weighted by Crippen LogP contribution is -2.20. The van der Waals surface area contributed by atoms with Gasteiger partial charge in [0.2, 0.25) is 0 Å². The molecule has 2 aromatic carbocycles. The van der Waals surface area contributed by atoms with E-state index < -0.39 is 6.03 Å². The minimum absolute atomic E-state index is 0.0818. The van der Waals surface area contributed by atoms with Crippen LogP contribution in [-0.4, -0.2) is 22.5 Å². The fourth-order valence-corrected chi connectivity index (χ4v) is 3.14. The second-order valence-corrected chi connectivity index (χ2v) is 7.11. The molecule has 2 heterocycles. The summed E-state index contributed by atoms with van der Waals surface area (Å²) in [6, 6.07) is 18.8. The molecule has 0 spiro atoms. The van der Waals surface area contributed by atoms with Gasteiger partial charge in [-0.2, -0.15) is 0 Å². The lowest BCUT2D eigenvalue weighted by molar-refractivity contribution is 0.261. The first-order valence-corrected chi connectivity index (χ1v) is 9.95. The standard InChI is InChI=1S/C24H22N4O4/c1-16-7-12-22-25-18(13-23(29)28(22)14-16)15-32-21-6-4-3-5-20(21)27-24(30)26-17-8-10-19(31-2)11-9-17/h3-14H,15H2,1-2H3,(H2,26,27,30). The number of hydrogen-bond donors (Lipinski definition) is 2. The van der Waals surface area contributed by atoms with E-state index >= 15 is 0 Å². The number of amides is 2. The zero-order valence-electron chi connectivity index (χ0n) is 17.7. The Bertz CT molecular complexity index is 1320. The number of hydrogen-bond acceptors (Lipinski definition) is 5.